The smallest absolute Gasteiger partial charge is 0.115 e. The Kier molecular flexibility index (Phi) is 3.83. The SMILES string of the molecule is CC(CCc1ccc(O)cc1)NCC1CC1. The van der Waals surface area contributed by atoms with Crippen LogP contribution in [0.5, 0.6) is 5.75 Å². The molecule has 1 aliphatic carbocycles. The quantitative estimate of drug-likeness (QED) is 0.771. The van der Waals surface area contributed by atoms with E-state index in [1.165, 1.54) is 24.9 Å². The molecule has 1 atom stereocenters. The largest absolute Gasteiger partial charge is 0.508 e. The Morgan fingerprint density at radius 3 is 2.62 bits per heavy atom. The van der Waals surface area contributed by atoms with Gasteiger partial charge in [-0.2, -0.15) is 0 Å². The van der Waals surface area contributed by atoms with Gasteiger partial charge in [0, 0.05) is 6.04 Å². The van der Waals surface area contributed by atoms with Gasteiger partial charge in [0.1, 0.15) is 5.75 Å². The van der Waals surface area contributed by atoms with Crippen LogP contribution in [0.2, 0.25) is 0 Å². The first-order valence-electron chi connectivity index (χ1n) is 6.25. The van der Waals surface area contributed by atoms with Crippen molar-refractivity contribution in [2.24, 2.45) is 5.92 Å². The van der Waals surface area contributed by atoms with Gasteiger partial charge in [-0.25, -0.2) is 0 Å². The number of aryl methyl sites for hydroxylation is 1. The maximum atomic E-state index is 9.17. The lowest BCUT2D eigenvalue weighted by Gasteiger charge is -2.13. The van der Waals surface area contributed by atoms with Gasteiger partial charge in [-0.1, -0.05) is 12.1 Å². The molecule has 2 N–H and O–H groups in total. The van der Waals surface area contributed by atoms with Crippen molar-refractivity contribution >= 4 is 0 Å². The van der Waals surface area contributed by atoms with Gasteiger partial charge in [0.05, 0.1) is 0 Å². The number of aromatic hydroxyl groups is 1. The van der Waals surface area contributed by atoms with E-state index in [1.807, 2.05) is 12.1 Å². The maximum Gasteiger partial charge on any atom is 0.115 e. The standard InChI is InChI=1S/C14H21NO/c1-11(15-10-13-4-5-13)2-3-12-6-8-14(16)9-7-12/h6-9,11,13,15-16H,2-5,10H2,1H3. The minimum atomic E-state index is 0.351. The predicted octanol–water partition coefficient (Wildman–Crippen LogP) is 2.71. The van der Waals surface area contributed by atoms with Gasteiger partial charge >= 0.3 is 0 Å². The lowest BCUT2D eigenvalue weighted by atomic mass is 10.1. The molecular formula is C14H21NO. The van der Waals surface area contributed by atoms with Crippen molar-refractivity contribution in [3.63, 3.8) is 0 Å². The molecule has 1 saturated carbocycles. The molecule has 0 radical (unpaired) electrons. The lowest BCUT2D eigenvalue weighted by molar-refractivity contribution is 0.474. The summed E-state index contributed by atoms with van der Waals surface area (Å²) in [6, 6.07) is 8.12. The van der Waals surface area contributed by atoms with Crippen LogP contribution in [0.1, 0.15) is 31.7 Å². The van der Waals surface area contributed by atoms with Crippen molar-refractivity contribution in [1.82, 2.24) is 5.32 Å². The minimum absolute atomic E-state index is 0.351. The summed E-state index contributed by atoms with van der Waals surface area (Å²) >= 11 is 0. The molecule has 2 rings (SSSR count). The molecule has 0 aliphatic heterocycles. The van der Waals surface area contributed by atoms with Crippen molar-refractivity contribution in [3.05, 3.63) is 29.8 Å². The summed E-state index contributed by atoms with van der Waals surface area (Å²) in [4.78, 5) is 0. The second-order valence-electron chi connectivity index (χ2n) is 4.96. The van der Waals surface area contributed by atoms with Crippen LogP contribution in [0.15, 0.2) is 24.3 Å². The molecule has 2 heteroatoms. The van der Waals surface area contributed by atoms with E-state index in [2.05, 4.69) is 12.2 Å². The van der Waals surface area contributed by atoms with Crippen LogP contribution in [0.25, 0.3) is 0 Å². The van der Waals surface area contributed by atoms with Crippen molar-refractivity contribution in [1.29, 1.82) is 0 Å². The Morgan fingerprint density at radius 1 is 1.31 bits per heavy atom. The fourth-order valence-corrected chi connectivity index (χ4v) is 1.84. The summed E-state index contributed by atoms with van der Waals surface area (Å²) in [6.07, 6.45) is 5.08. The molecule has 16 heavy (non-hydrogen) atoms. The number of nitrogens with one attached hydrogen (secondary N) is 1. The zero-order valence-electron chi connectivity index (χ0n) is 9.95. The third-order valence-corrected chi connectivity index (χ3v) is 3.25. The summed E-state index contributed by atoms with van der Waals surface area (Å²) in [6.45, 7) is 3.44. The Hall–Kier alpha value is -1.02. The van der Waals surface area contributed by atoms with Crippen molar-refractivity contribution in [2.75, 3.05) is 6.54 Å². The van der Waals surface area contributed by atoms with Crippen LogP contribution in [-0.2, 0) is 6.42 Å². The zero-order valence-corrected chi connectivity index (χ0v) is 9.95. The number of phenolic OH excluding ortho intramolecular Hbond substituents is 1. The molecule has 2 nitrogen and oxygen atoms in total. The summed E-state index contributed by atoms with van der Waals surface area (Å²) in [7, 11) is 0. The number of hydrogen-bond donors (Lipinski definition) is 2. The topological polar surface area (TPSA) is 32.3 Å². The van der Waals surface area contributed by atoms with Crippen molar-refractivity contribution in [3.8, 4) is 5.75 Å². The second-order valence-corrected chi connectivity index (χ2v) is 4.96. The molecule has 0 bridgehead atoms. The van der Waals surface area contributed by atoms with Gasteiger partial charge in [0.15, 0.2) is 0 Å². The first kappa shape index (κ1) is 11.5. The molecular weight excluding hydrogens is 198 g/mol. The normalized spacial score (nSPS) is 17.3. The van der Waals surface area contributed by atoms with Gasteiger partial charge in [0.2, 0.25) is 0 Å². The van der Waals surface area contributed by atoms with E-state index >= 15 is 0 Å². The molecule has 0 spiro atoms. The average molecular weight is 219 g/mol. The van der Waals surface area contributed by atoms with Gasteiger partial charge in [-0.05, 0) is 62.8 Å². The van der Waals surface area contributed by atoms with E-state index in [1.54, 1.807) is 12.1 Å². The Bertz CT molecular complexity index is 316. The third-order valence-electron chi connectivity index (χ3n) is 3.25. The van der Waals surface area contributed by atoms with Crippen LogP contribution < -0.4 is 5.32 Å². The number of hydrogen-bond acceptors (Lipinski definition) is 2. The molecule has 0 aromatic heterocycles. The molecule has 1 fully saturated rings. The second kappa shape index (κ2) is 5.35. The summed E-state index contributed by atoms with van der Waals surface area (Å²) in [5.74, 6) is 1.31. The van der Waals surface area contributed by atoms with Gasteiger partial charge in [0.25, 0.3) is 0 Å². The Morgan fingerprint density at radius 2 is 2.00 bits per heavy atom. The monoisotopic (exact) mass is 219 g/mol. The van der Waals surface area contributed by atoms with Crippen molar-refractivity contribution in [2.45, 2.75) is 38.6 Å². The van der Waals surface area contributed by atoms with Crippen LogP contribution in [0.4, 0.5) is 0 Å². The fraction of sp³-hybridized carbons (Fsp3) is 0.571. The third kappa shape index (κ3) is 3.86. The van der Waals surface area contributed by atoms with Crippen molar-refractivity contribution < 1.29 is 5.11 Å². The van der Waals surface area contributed by atoms with Crippen LogP contribution >= 0.6 is 0 Å². The van der Waals surface area contributed by atoms with E-state index in [9.17, 15) is 5.11 Å². The molecule has 0 amide bonds. The van der Waals surface area contributed by atoms with Crippen LogP contribution in [0, 0.1) is 5.92 Å². The molecule has 1 aliphatic rings. The highest BCUT2D eigenvalue weighted by molar-refractivity contribution is 5.25. The Balaban J connectivity index is 1.67. The maximum absolute atomic E-state index is 9.17. The first-order valence-corrected chi connectivity index (χ1v) is 6.25. The zero-order chi connectivity index (χ0) is 11.4. The van der Waals surface area contributed by atoms with E-state index in [4.69, 9.17) is 0 Å². The predicted molar refractivity (Wildman–Crippen MR) is 66.6 cm³/mol. The van der Waals surface area contributed by atoms with Gasteiger partial charge in [-0.3, -0.25) is 0 Å². The first-order chi connectivity index (χ1) is 7.74. The van der Waals surface area contributed by atoms with Gasteiger partial charge < -0.3 is 10.4 Å². The summed E-state index contributed by atoms with van der Waals surface area (Å²) in [5.41, 5.74) is 1.30. The fourth-order valence-electron chi connectivity index (χ4n) is 1.84. The van der Waals surface area contributed by atoms with E-state index in [0.717, 1.165) is 18.8 Å². The van der Waals surface area contributed by atoms with E-state index < -0.39 is 0 Å². The molecule has 1 aromatic carbocycles. The number of phenols is 1. The van der Waals surface area contributed by atoms with E-state index in [0.29, 0.717) is 11.8 Å². The highest BCUT2D eigenvalue weighted by Crippen LogP contribution is 2.27. The molecule has 1 unspecified atom stereocenters. The van der Waals surface area contributed by atoms with Crippen LogP contribution in [0.3, 0.4) is 0 Å². The number of rotatable bonds is 6. The number of benzene rings is 1. The lowest BCUT2D eigenvalue weighted by Crippen LogP contribution is -2.28. The Labute approximate surface area is 97.7 Å². The highest BCUT2D eigenvalue weighted by atomic mass is 16.3. The highest BCUT2D eigenvalue weighted by Gasteiger charge is 2.21. The van der Waals surface area contributed by atoms with Gasteiger partial charge in [-0.15, -0.1) is 0 Å². The minimum Gasteiger partial charge on any atom is -0.508 e. The molecule has 1 aromatic rings. The van der Waals surface area contributed by atoms with E-state index in [-0.39, 0.29) is 0 Å². The summed E-state index contributed by atoms with van der Waals surface area (Å²) in [5, 5.41) is 12.8. The van der Waals surface area contributed by atoms with Crippen LogP contribution in [-0.4, -0.2) is 17.7 Å². The molecule has 0 heterocycles. The average Bonchev–Trinajstić information content (AvgIpc) is 3.09. The summed E-state index contributed by atoms with van der Waals surface area (Å²) < 4.78 is 0. The molecule has 0 saturated heterocycles. The molecule has 88 valence electrons.